The molecule has 23 heavy (non-hydrogen) atoms. The highest BCUT2D eigenvalue weighted by Crippen LogP contribution is 2.32. The van der Waals surface area contributed by atoms with Gasteiger partial charge >= 0.3 is 0 Å². The van der Waals surface area contributed by atoms with Crippen LogP contribution < -0.4 is 4.74 Å². The van der Waals surface area contributed by atoms with Crippen LogP contribution in [0.2, 0.25) is 0 Å². The van der Waals surface area contributed by atoms with Crippen molar-refractivity contribution >= 4 is 0 Å². The average Bonchev–Trinajstić information content (AvgIpc) is 2.92. The Bertz CT molecular complexity index is 567. The Kier molecular flexibility index (Phi) is 5.56. The summed E-state index contributed by atoms with van der Waals surface area (Å²) < 4.78 is 6.23. The first-order valence-electron chi connectivity index (χ1n) is 8.60. The van der Waals surface area contributed by atoms with E-state index in [0.29, 0.717) is 6.04 Å². The van der Waals surface area contributed by atoms with E-state index in [1.165, 1.54) is 29.7 Å². The van der Waals surface area contributed by atoms with Crippen molar-refractivity contribution in [1.29, 1.82) is 0 Å². The van der Waals surface area contributed by atoms with Crippen LogP contribution in [0.15, 0.2) is 48.7 Å². The van der Waals surface area contributed by atoms with E-state index in [1.54, 1.807) is 0 Å². The smallest absolute Gasteiger partial charge is 0.123 e. The molecule has 0 bridgehead atoms. The van der Waals surface area contributed by atoms with Gasteiger partial charge in [-0.05, 0) is 36.8 Å². The van der Waals surface area contributed by atoms with Crippen molar-refractivity contribution in [2.24, 2.45) is 0 Å². The van der Waals surface area contributed by atoms with Crippen LogP contribution in [-0.4, -0.2) is 24.1 Å². The Morgan fingerprint density at radius 2 is 1.96 bits per heavy atom. The molecule has 2 nitrogen and oxygen atoms in total. The second-order valence-electron chi connectivity index (χ2n) is 7.75. The SMILES string of the molecule is C=C(C)CC(=C)N1CCCC1COc1ccccc1C(C)(C)C. The van der Waals surface area contributed by atoms with Gasteiger partial charge in [-0.15, -0.1) is 0 Å². The Hall–Kier alpha value is -1.70. The molecule has 1 aliphatic heterocycles. The highest BCUT2D eigenvalue weighted by Gasteiger charge is 2.27. The standard InChI is InChI=1S/C21H31NO/c1-16(2)14-17(3)22-13-9-10-18(22)15-23-20-12-8-7-11-19(20)21(4,5)6/h7-8,11-12,18H,1,3,9-10,13-15H2,2,4-6H3. The van der Waals surface area contributed by atoms with Crippen molar-refractivity contribution in [2.45, 2.75) is 58.4 Å². The predicted molar refractivity (Wildman–Crippen MR) is 98.9 cm³/mol. The number of rotatable bonds is 6. The molecule has 1 saturated heterocycles. The van der Waals surface area contributed by atoms with Gasteiger partial charge in [0, 0.05) is 18.7 Å². The van der Waals surface area contributed by atoms with Crippen molar-refractivity contribution in [3.63, 3.8) is 0 Å². The van der Waals surface area contributed by atoms with Crippen LogP contribution >= 0.6 is 0 Å². The zero-order valence-electron chi connectivity index (χ0n) is 15.2. The van der Waals surface area contributed by atoms with Crippen LogP contribution in [0.3, 0.4) is 0 Å². The molecule has 1 fully saturated rings. The van der Waals surface area contributed by atoms with Crippen molar-refractivity contribution in [3.05, 3.63) is 54.3 Å². The quantitative estimate of drug-likeness (QED) is 0.660. The van der Waals surface area contributed by atoms with E-state index in [-0.39, 0.29) is 5.41 Å². The monoisotopic (exact) mass is 313 g/mol. The molecule has 1 atom stereocenters. The fourth-order valence-corrected chi connectivity index (χ4v) is 3.27. The van der Waals surface area contributed by atoms with Gasteiger partial charge in [-0.2, -0.15) is 0 Å². The average molecular weight is 313 g/mol. The zero-order valence-corrected chi connectivity index (χ0v) is 15.2. The molecule has 1 unspecified atom stereocenters. The summed E-state index contributed by atoms with van der Waals surface area (Å²) in [6.07, 6.45) is 3.27. The Labute approximate surface area is 141 Å². The fraction of sp³-hybridized carbons (Fsp3) is 0.524. The molecule has 2 heteroatoms. The van der Waals surface area contributed by atoms with Gasteiger partial charge < -0.3 is 9.64 Å². The van der Waals surface area contributed by atoms with Gasteiger partial charge in [-0.3, -0.25) is 0 Å². The number of nitrogens with zero attached hydrogens (tertiary/aromatic N) is 1. The maximum absolute atomic E-state index is 6.23. The number of likely N-dealkylation sites (tertiary alicyclic amines) is 1. The first kappa shape index (κ1) is 17.7. The van der Waals surface area contributed by atoms with Crippen molar-refractivity contribution in [1.82, 2.24) is 4.90 Å². The second-order valence-corrected chi connectivity index (χ2v) is 7.75. The predicted octanol–water partition coefficient (Wildman–Crippen LogP) is 5.31. The summed E-state index contributed by atoms with van der Waals surface area (Å²) >= 11 is 0. The summed E-state index contributed by atoms with van der Waals surface area (Å²) in [6, 6.07) is 8.82. The maximum atomic E-state index is 6.23. The highest BCUT2D eigenvalue weighted by molar-refractivity contribution is 5.38. The van der Waals surface area contributed by atoms with Gasteiger partial charge in [-0.1, -0.05) is 57.7 Å². The third-order valence-corrected chi connectivity index (χ3v) is 4.42. The molecule has 0 N–H and O–H groups in total. The van der Waals surface area contributed by atoms with Crippen LogP contribution in [0.25, 0.3) is 0 Å². The Balaban J connectivity index is 2.03. The molecule has 0 saturated carbocycles. The topological polar surface area (TPSA) is 12.5 Å². The van der Waals surface area contributed by atoms with Crippen LogP contribution in [0.5, 0.6) is 5.75 Å². The summed E-state index contributed by atoms with van der Waals surface area (Å²) in [5.74, 6) is 1.01. The normalized spacial score (nSPS) is 18.1. The molecule has 1 aromatic carbocycles. The number of para-hydroxylation sites is 1. The minimum atomic E-state index is 0.0928. The van der Waals surface area contributed by atoms with Crippen LogP contribution in [-0.2, 0) is 5.41 Å². The van der Waals surface area contributed by atoms with E-state index in [2.05, 4.69) is 70.0 Å². The summed E-state index contributed by atoms with van der Waals surface area (Å²) in [5.41, 5.74) is 3.70. The molecule has 1 aromatic rings. The van der Waals surface area contributed by atoms with E-state index in [4.69, 9.17) is 4.74 Å². The van der Waals surface area contributed by atoms with Gasteiger partial charge in [0.15, 0.2) is 0 Å². The first-order valence-corrected chi connectivity index (χ1v) is 8.60. The molecule has 0 aliphatic carbocycles. The number of ether oxygens (including phenoxy) is 1. The van der Waals surface area contributed by atoms with Gasteiger partial charge in [0.2, 0.25) is 0 Å². The van der Waals surface area contributed by atoms with E-state index >= 15 is 0 Å². The molecule has 1 heterocycles. The molecule has 0 spiro atoms. The summed E-state index contributed by atoms with van der Waals surface area (Å²) in [7, 11) is 0. The summed E-state index contributed by atoms with van der Waals surface area (Å²) in [4.78, 5) is 2.41. The van der Waals surface area contributed by atoms with Gasteiger partial charge in [-0.25, -0.2) is 0 Å². The third-order valence-electron chi connectivity index (χ3n) is 4.42. The molecule has 126 valence electrons. The van der Waals surface area contributed by atoms with Gasteiger partial charge in [0.25, 0.3) is 0 Å². The minimum absolute atomic E-state index is 0.0928. The maximum Gasteiger partial charge on any atom is 0.123 e. The van der Waals surface area contributed by atoms with Crippen molar-refractivity contribution in [2.75, 3.05) is 13.2 Å². The molecule has 0 radical (unpaired) electrons. The largest absolute Gasteiger partial charge is 0.491 e. The van der Waals surface area contributed by atoms with Crippen LogP contribution in [0.4, 0.5) is 0 Å². The van der Waals surface area contributed by atoms with E-state index < -0.39 is 0 Å². The summed E-state index contributed by atoms with van der Waals surface area (Å²) in [5, 5.41) is 0. The highest BCUT2D eigenvalue weighted by atomic mass is 16.5. The molecule has 0 aromatic heterocycles. The van der Waals surface area contributed by atoms with Gasteiger partial charge in [0.05, 0.1) is 6.04 Å². The lowest BCUT2D eigenvalue weighted by atomic mass is 9.86. The number of benzene rings is 1. The third kappa shape index (κ3) is 4.63. The number of hydrogen-bond donors (Lipinski definition) is 0. The second kappa shape index (κ2) is 7.25. The first-order chi connectivity index (χ1) is 10.8. The molecule has 2 rings (SSSR count). The fourth-order valence-electron chi connectivity index (χ4n) is 3.27. The Morgan fingerprint density at radius 1 is 1.26 bits per heavy atom. The van der Waals surface area contributed by atoms with E-state index in [0.717, 1.165) is 25.3 Å². The lowest BCUT2D eigenvalue weighted by Crippen LogP contribution is -2.33. The molecular formula is C21H31NO. The Morgan fingerprint density at radius 3 is 2.61 bits per heavy atom. The van der Waals surface area contributed by atoms with Crippen molar-refractivity contribution < 1.29 is 4.74 Å². The number of allylic oxidation sites excluding steroid dienone is 1. The van der Waals surface area contributed by atoms with Crippen LogP contribution in [0.1, 0.15) is 52.5 Å². The summed E-state index contributed by atoms with van der Waals surface area (Å²) in [6.45, 7) is 18.8. The van der Waals surface area contributed by atoms with Crippen molar-refractivity contribution in [3.8, 4) is 5.75 Å². The zero-order chi connectivity index (χ0) is 17.0. The van der Waals surface area contributed by atoms with E-state index in [9.17, 15) is 0 Å². The lowest BCUT2D eigenvalue weighted by Gasteiger charge is -2.30. The molecule has 0 amide bonds. The molecule has 1 aliphatic rings. The minimum Gasteiger partial charge on any atom is -0.491 e. The van der Waals surface area contributed by atoms with Crippen LogP contribution in [0, 0.1) is 0 Å². The van der Waals surface area contributed by atoms with Gasteiger partial charge in [0.1, 0.15) is 12.4 Å². The molecular weight excluding hydrogens is 282 g/mol. The lowest BCUT2D eigenvalue weighted by molar-refractivity contribution is 0.198. The number of hydrogen-bond acceptors (Lipinski definition) is 2. The van der Waals surface area contributed by atoms with E-state index in [1.807, 2.05) is 0 Å².